The molecule has 1 aromatic rings. The van der Waals surface area contributed by atoms with Gasteiger partial charge < -0.3 is 4.74 Å². The number of carbonyl (C=O) groups excluding carboxylic acids is 2. The number of halogens is 1. The standard InChI is InChI=1S/C15H19ClN2O3/c1-14(2,3)21-13(20)18-12(19)9-6-7-11(16)17-10(9)8-15(18,4)5/h6-7H,8H2,1-5H3. The van der Waals surface area contributed by atoms with E-state index in [2.05, 4.69) is 4.98 Å². The Morgan fingerprint density at radius 2 is 2.00 bits per heavy atom. The second kappa shape index (κ2) is 4.98. The minimum absolute atomic E-state index is 0.336. The van der Waals surface area contributed by atoms with Crippen LogP contribution in [0.4, 0.5) is 4.79 Å². The predicted octanol–water partition coefficient (Wildman–Crippen LogP) is 3.45. The van der Waals surface area contributed by atoms with E-state index in [0.717, 1.165) is 4.90 Å². The summed E-state index contributed by atoms with van der Waals surface area (Å²) in [6.45, 7) is 8.91. The molecule has 0 fully saturated rings. The molecular weight excluding hydrogens is 292 g/mol. The van der Waals surface area contributed by atoms with Crippen LogP contribution in [0.3, 0.4) is 0 Å². The van der Waals surface area contributed by atoms with Gasteiger partial charge in [0.25, 0.3) is 5.91 Å². The van der Waals surface area contributed by atoms with Crippen molar-refractivity contribution in [1.29, 1.82) is 0 Å². The predicted molar refractivity (Wildman–Crippen MR) is 79.4 cm³/mol. The maximum Gasteiger partial charge on any atom is 0.417 e. The van der Waals surface area contributed by atoms with Gasteiger partial charge in [-0.05, 0) is 46.8 Å². The number of aromatic nitrogens is 1. The molecule has 0 N–H and O–H groups in total. The van der Waals surface area contributed by atoms with Crippen LogP contribution in [0, 0.1) is 0 Å². The fourth-order valence-electron chi connectivity index (χ4n) is 2.33. The van der Waals surface area contributed by atoms with Crippen LogP contribution >= 0.6 is 11.6 Å². The zero-order valence-electron chi connectivity index (χ0n) is 12.9. The van der Waals surface area contributed by atoms with Gasteiger partial charge in [-0.3, -0.25) is 4.79 Å². The van der Waals surface area contributed by atoms with Crippen LogP contribution in [0.2, 0.25) is 5.15 Å². The number of carbonyl (C=O) groups is 2. The quantitative estimate of drug-likeness (QED) is 0.689. The van der Waals surface area contributed by atoms with Crippen molar-refractivity contribution in [2.45, 2.75) is 52.2 Å². The molecule has 0 saturated heterocycles. The van der Waals surface area contributed by atoms with E-state index in [1.807, 2.05) is 0 Å². The summed E-state index contributed by atoms with van der Waals surface area (Å²) in [5.74, 6) is -0.403. The van der Waals surface area contributed by atoms with E-state index >= 15 is 0 Å². The zero-order chi connectivity index (χ0) is 16.0. The van der Waals surface area contributed by atoms with Crippen LogP contribution in [0.15, 0.2) is 12.1 Å². The van der Waals surface area contributed by atoms with Gasteiger partial charge in [0.1, 0.15) is 10.8 Å². The highest BCUT2D eigenvalue weighted by atomic mass is 35.5. The molecule has 0 saturated carbocycles. The molecule has 2 amide bonds. The lowest BCUT2D eigenvalue weighted by molar-refractivity contribution is 0.00383. The summed E-state index contributed by atoms with van der Waals surface area (Å²) in [4.78, 5) is 30.3. The first-order valence-electron chi connectivity index (χ1n) is 6.74. The van der Waals surface area contributed by atoms with Crippen molar-refractivity contribution in [3.8, 4) is 0 Å². The number of amides is 2. The van der Waals surface area contributed by atoms with Crippen molar-refractivity contribution in [2.75, 3.05) is 0 Å². The Hall–Kier alpha value is -1.62. The van der Waals surface area contributed by atoms with Crippen LogP contribution in [-0.4, -0.2) is 33.0 Å². The third-order valence-corrected chi connectivity index (χ3v) is 3.37. The lowest BCUT2D eigenvalue weighted by Gasteiger charge is -2.41. The van der Waals surface area contributed by atoms with Crippen LogP contribution in [0.5, 0.6) is 0 Å². The van der Waals surface area contributed by atoms with Crippen molar-refractivity contribution in [3.05, 3.63) is 28.5 Å². The Labute approximate surface area is 129 Å². The Morgan fingerprint density at radius 1 is 1.38 bits per heavy atom. The molecule has 2 heterocycles. The van der Waals surface area contributed by atoms with Gasteiger partial charge in [-0.15, -0.1) is 0 Å². The second-order valence-electron chi connectivity index (χ2n) is 6.74. The fourth-order valence-corrected chi connectivity index (χ4v) is 2.49. The Bertz CT molecular complexity index is 605. The van der Waals surface area contributed by atoms with E-state index in [1.54, 1.807) is 46.8 Å². The van der Waals surface area contributed by atoms with Crippen LogP contribution in [0.1, 0.15) is 50.7 Å². The number of hydrogen-bond acceptors (Lipinski definition) is 4. The number of nitrogens with zero attached hydrogens (tertiary/aromatic N) is 2. The monoisotopic (exact) mass is 310 g/mol. The van der Waals surface area contributed by atoms with Gasteiger partial charge in [0.05, 0.1) is 16.8 Å². The number of hydrogen-bond donors (Lipinski definition) is 0. The van der Waals surface area contributed by atoms with Gasteiger partial charge in [0, 0.05) is 6.42 Å². The molecule has 1 aliphatic heterocycles. The van der Waals surface area contributed by atoms with E-state index in [-0.39, 0.29) is 0 Å². The summed E-state index contributed by atoms with van der Waals surface area (Å²) in [5, 5.41) is 0.336. The molecule has 0 aliphatic carbocycles. The van der Waals surface area contributed by atoms with E-state index in [9.17, 15) is 9.59 Å². The van der Waals surface area contributed by atoms with Gasteiger partial charge in [0.2, 0.25) is 0 Å². The molecule has 0 unspecified atom stereocenters. The molecule has 21 heavy (non-hydrogen) atoms. The van der Waals surface area contributed by atoms with Gasteiger partial charge in [-0.2, -0.15) is 0 Å². The maximum atomic E-state index is 12.6. The minimum Gasteiger partial charge on any atom is -0.443 e. The third kappa shape index (κ3) is 3.18. The first kappa shape index (κ1) is 15.8. The van der Waals surface area contributed by atoms with E-state index < -0.39 is 23.1 Å². The average molecular weight is 311 g/mol. The van der Waals surface area contributed by atoms with Crippen LogP contribution < -0.4 is 0 Å². The summed E-state index contributed by atoms with van der Waals surface area (Å²) >= 11 is 5.88. The van der Waals surface area contributed by atoms with Gasteiger partial charge in [0.15, 0.2) is 0 Å². The smallest absolute Gasteiger partial charge is 0.417 e. The van der Waals surface area contributed by atoms with Gasteiger partial charge >= 0.3 is 6.09 Å². The SMILES string of the molecule is CC(C)(C)OC(=O)N1C(=O)c2ccc(Cl)nc2CC1(C)C. The minimum atomic E-state index is -0.718. The van der Waals surface area contributed by atoms with Crippen molar-refractivity contribution in [3.63, 3.8) is 0 Å². The molecular formula is C15H19ClN2O3. The molecule has 0 bridgehead atoms. The first-order valence-corrected chi connectivity index (χ1v) is 7.12. The van der Waals surface area contributed by atoms with Crippen molar-refractivity contribution < 1.29 is 14.3 Å². The second-order valence-corrected chi connectivity index (χ2v) is 7.13. The molecule has 1 aliphatic rings. The first-order chi connectivity index (χ1) is 9.51. The highest BCUT2D eigenvalue weighted by Crippen LogP contribution is 2.31. The highest BCUT2D eigenvalue weighted by molar-refractivity contribution is 6.29. The van der Waals surface area contributed by atoms with Crippen molar-refractivity contribution >= 4 is 23.6 Å². The molecule has 1 aromatic heterocycles. The van der Waals surface area contributed by atoms with E-state index in [1.165, 1.54) is 0 Å². The Balaban J connectivity index is 2.41. The lowest BCUT2D eigenvalue weighted by atomic mass is 9.88. The number of fused-ring (bicyclic) bond motifs is 1. The summed E-state index contributed by atoms with van der Waals surface area (Å²) in [6.07, 6.45) is -0.202. The van der Waals surface area contributed by atoms with Gasteiger partial charge in [-0.25, -0.2) is 14.7 Å². The van der Waals surface area contributed by atoms with Crippen molar-refractivity contribution in [2.24, 2.45) is 0 Å². The molecule has 5 nitrogen and oxygen atoms in total. The zero-order valence-corrected chi connectivity index (χ0v) is 13.6. The fraction of sp³-hybridized carbons (Fsp3) is 0.533. The van der Waals surface area contributed by atoms with E-state index in [4.69, 9.17) is 16.3 Å². The normalized spacial score (nSPS) is 17.4. The number of rotatable bonds is 0. The molecule has 0 aromatic carbocycles. The number of pyridine rings is 1. The number of ether oxygens (including phenoxy) is 1. The Morgan fingerprint density at radius 3 is 2.57 bits per heavy atom. The molecule has 2 rings (SSSR count). The highest BCUT2D eigenvalue weighted by Gasteiger charge is 2.44. The third-order valence-electron chi connectivity index (χ3n) is 3.16. The lowest BCUT2D eigenvalue weighted by Crippen LogP contribution is -2.56. The van der Waals surface area contributed by atoms with Crippen LogP contribution in [-0.2, 0) is 11.2 Å². The summed E-state index contributed by atoms with van der Waals surface area (Å²) in [6, 6.07) is 3.14. The largest absolute Gasteiger partial charge is 0.443 e. The number of imide groups is 1. The molecule has 0 radical (unpaired) electrons. The Kier molecular flexibility index (Phi) is 3.74. The molecule has 0 atom stereocenters. The summed E-state index contributed by atoms with van der Waals surface area (Å²) in [7, 11) is 0. The summed E-state index contributed by atoms with van der Waals surface area (Å²) < 4.78 is 5.34. The molecule has 0 spiro atoms. The molecule has 114 valence electrons. The van der Waals surface area contributed by atoms with E-state index in [0.29, 0.717) is 22.8 Å². The summed E-state index contributed by atoms with van der Waals surface area (Å²) in [5.41, 5.74) is -0.377. The van der Waals surface area contributed by atoms with Crippen LogP contribution in [0.25, 0.3) is 0 Å². The molecule has 6 heteroatoms. The topological polar surface area (TPSA) is 59.5 Å². The van der Waals surface area contributed by atoms with Gasteiger partial charge in [-0.1, -0.05) is 11.6 Å². The average Bonchev–Trinajstić information content (AvgIpc) is 2.23. The van der Waals surface area contributed by atoms with Crippen molar-refractivity contribution in [1.82, 2.24) is 9.88 Å². The maximum absolute atomic E-state index is 12.6.